The van der Waals surface area contributed by atoms with Crippen molar-refractivity contribution in [2.24, 2.45) is 0 Å². The highest BCUT2D eigenvalue weighted by Crippen LogP contribution is 2.23. The quantitative estimate of drug-likeness (QED) is 0.889. The molecular formula is C15H18N2O2. The van der Waals surface area contributed by atoms with Crippen LogP contribution in [-0.2, 0) is 0 Å². The predicted molar refractivity (Wildman–Crippen MR) is 77.3 cm³/mol. The Labute approximate surface area is 112 Å². The smallest absolute Gasteiger partial charge is 0.321 e. The van der Waals surface area contributed by atoms with Gasteiger partial charge in [0.1, 0.15) is 0 Å². The maximum atomic E-state index is 12.0. The van der Waals surface area contributed by atoms with Crippen molar-refractivity contribution in [1.82, 2.24) is 4.90 Å². The summed E-state index contributed by atoms with van der Waals surface area (Å²) in [4.78, 5) is 13.5. The number of benzene rings is 2. The van der Waals surface area contributed by atoms with Crippen molar-refractivity contribution >= 4 is 22.5 Å². The van der Waals surface area contributed by atoms with Gasteiger partial charge in [0.25, 0.3) is 0 Å². The number of rotatable bonds is 3. The Morgan fingerprint density at radius 1 is 1.26 bits per heavy atom. The summed E-state index contributed by atoms with van der Waals surface area (Å²) in [5.41, 5.74) is 0.778. The number of amides is 2. The highest BCUT2D eigenvalue weighted by Gasteiger charge is 2.11. The number of nitrogens with one attached hydrogen (secondary N) is 1. The zero-order chi connectivity index (χ0) is 13.8. The van der Waals surface area contributed by atoms with Gasteiger partial charge < -0.3 is 15.3 Å². The molecule has 2 aromatic carbocycles. The van der Waals surface area contributed by atoms with Crippen molar-refractivity contribution in [1.29, 1.82) is 0 Å². The highest BCUT2D eigenvalue weighted by molar-refractivity contribution is 6.01. The van der Waals surface area contributed by atoms with E-state index in [0.717, 1.165) is 16.5 Å². The van der Waals surface area contributed by atoms with Gasteiger partial charge in [0, 0.05) is 19.0 Å². The summed E-state index contributed by atoms with van der Waals surface area (Å²) in [6, 6.07) is 13.4. The summed E-state index contributed by atoms with van der Waals surface area (Å²) in [5, 5.41) is 14.2. The van der Waals surface area contributed by atoms with Gasteiger partial charge in [-0.15, -0.1) is 0 Å². The molecule has 0 aliphatic carbocycles. The second-order valence-electron chi connectivity index (χ2n) is 4.69. The number of anilines is 1. The van der Waals surface area contributed by atoms with E-state index in [4.69, 9.17) is 0 Å². The number of aliphatic hydroxyl groups excluding tert-OH is 1. The molecule has 4 nitrogen and oxygen atoms in total. The second-order valence-corrected chi connectivity index (χ2v) is 4.69. The van der Waals surface area contributed by atoms with Crippen LogP contribution in [0.25, 0.3) is 10.8 Å². The van der Waals surface area contributed by atoms with Crippen LogP contribution in [0.1, 0.15) is 6.92 Å². The monoisotopic (exact) mass is 258 g/mol. The fraction of sp³-hybridized carbons (Fsp3) is 0.267. The molecule has 100 valence electrons. The van der Waals surface area contributed by atoms with Crippen molar-refractivity contribution in [2.75, 3.05) is 18.9 Å². The molecule has 0 unspecified atom stereocenters. The van der Waals surface area contributed by atoms with E-state index in [1.54, 1.807) is 14.0 Å². The maximum Gasteiger partial charge on any atom is 0.321 e. The van der Waals surface area contributed by atoms with Crippen LogP contribution in [-0.4, -0.2) is 35.7 Å². The third kappa shape index (κ3) is 3.23. The van der Waals surface area contributed by atoms with Crippen LogP contribution in [0.15, 0.2) is 42.5 Å². The lowest BCUT2D eigenvalue weighted by Crippen LogP contribution is -2.36. The molecule has 2 aromatic rings. The Hall–Kier alpha value is -2.07. The van der Waals surface area contributed by atoms with Crippen molar-refractivity contribution in [3.8, 4) is 0 Å². The minimum atomic E-state index is -0.539. The van der Waals surface area contributed by atoms with Crippen LogP contribution in [0.2, 0.25) is 0 Å². The molecule has 0 heterocycles. The van der Waals surface area contributed by atoms with Crippen LogP contribution in [0.5, 0.6) is 0 Å². The van der Waals surface area contributed by atoms with E-state index < -0.39 is 6.10 Å². The first-order valence-corrected chi connectivity index (χ1v) is 6.26. The number of hydrogen-bond acceptors (Lipinski definition) is 2. The van der Waals surface area contributed by atoms with Crippen LogP contribution in [0, 0.1) is 0 Å². The minimum absolute atomic E-state index is 0.225. The number of nitrogens with zero attached hydrogens (tertiary/aromatic N) is 1. The molecule has 0 radical (unpaired) electrons. The third-order valence-electron chi connectivity index (χ3n) is 2.92. The van der Waals surface area contributed by atoms with Crippen molar-refractivity contribution in [2.45, 2.75) is 13.0 Å². The van der Waals surface area contributed by atoms with Gasteiger partial charge in [-0.25, -0.2) is 4.79 Å². The molecule has 2 amide bonds. The fourth-order valence-electron chi connectivity index (χ4n) is 2.02. The van der Waals surface area contributed by atoms with E-state index in [0.29, 0.717) is 6.54 Å². The predicted octanol–water partition coefficient (Wildman–Crippen LogP) is 2.68. The number of aliphatic hydroxyl groups is 1. The van der Waals surface area contributed by atoms with Crippen LogP contribution < -0.4 is 5.32 Å². The average molecular weight is 258 g/mol. The molecule has 0 fully saturated rings. The molecule has 0 aliphatic rings. The molecule has 1 atom stereocenters. The lowest BCUT2D eigenvalue weighted by Gasteiger charge is -2.20. The van der Waals surface area contributed by atoms with Gasteiger partial charge in [0.15, 0.2) is 0 Å². The Morgan fingerprint density at radius 2 is 1.95 bits per heavy atom. The average Bonchev–Trinajstić information content (AvgIpc) is 2.38. The first-order valence-electron chi connectivity index (χ1n) is 6.26. The van der Waals surface area contributed by atoms with E-state index in [1.165, 1.54) is 4.90 Å². The van der Waals surface area contributed by atoms with Gasteiger partial charge in [-0.3, -0.25) is 0 Å². The SMILES string of the molecule is C[C@@H](O)CN(C)C(=O)Nc1cccc2ccccc12. The first-order chi connectivity index (χ1) is 9.08. The Bertz CT molecular complexity index is 576. The molecule has 19 heavy (non-hydrogen) atoms. The summed E-state index contributed by atoms with van der Waals surface area (Å²) < 4.78 is 0. The van der Waals surface area contributed by atoms with Crippen molar-refractivity contribution < 1.29 is 9.90 Å². The van der Waals surface area contributed by atoms with Crippen molar-refractivity contribution in [3.63, 3.8) is 0 Å². The minimum Gasteiger partial charge on any atom is -0.392 e. The fourth-order valence-corrected chi connectivity index (χ4v) is 2.02. The largest absolute Gasteiger partial charge is 0.392 e. The molecular weight excluding hydrogens is 240 g/mol. The number of urea groups is 1. The number of carbonyl (C=O) groups excluding carboxylic acids is 1. The number of carbonyl (C=O) groups is 1. The number of likely N-dealkylation sites (N-methyl/N-ethyl adjacent to an activating group) is 1. The molecule has 4 heteroatoms. The standard InChI is InChI=1S/C15H18N2O2/c1-11(18)10-17(2)15(19)16-14-9-5-7-12-6-3-4-8-13(12)14/h3-9,11,18H,10H2,1-2H3,(H,16,19)/t11-/m1/s1. The second kappa shape index (κ2) is 5.71. The topological polar surface area (TPSA) is 52.6 Å². The van der Waals surface area contributed by atoms with E-state index in [9.17, 15) is 9.90 Å². The molecule has 0 spiro atoms. The van der Waals surface area contributed by atoms with Gasteiger partial charge in [0.05, 0.1) is 11.8 Å². The molecule has 0 saturated carbocycles. The highest BCUT2D eigenvalue weighted by atomic mass is 16.3. The van der Waals surface area contributed by atoms with E-state index >= 15 is 0 Å². The van der Waals surface area contributed by atoms with E-state index in [-0.39, 0.29) is 6.03 Å². The van der Waals surface area contributed by atoms with Crippen LogP contribution in [0.3, 0.4) is 0 Å². The summed E-state index contributed by atoms with van der Waals surface area (Å²) in [7, 11) is 1.66. The molecule has 0 saturated heterocycles. The van der Waals surface area contributed by atoms with Gasteiger partial charge in [-0.2, -0.15) is 0 Å². The maximum absolute atomic E-state index is 12.0. The van der Waals surface area contributed by atoms with E-state index in [2.05, 4.69) is 5.32 Å². The zero-order valence-corrected chi connectivity index (χ0v) is 11.1. The first kappa shape index (κ1) is 13.4. The summed E-state index contributed by atoms with van der Waals surface area (Å²) >= 11 is 0. The molecule has 2 rings (SSSR count). The van der Waals surface area contributed by atoms with Gasteiger partial charge in [-0.05, 0) is 18.4 Å². The summed E-state index contributed by atoms with van der Waals surface area (Å²) in [6.07, 6.45) is -0.539. The normalized spacial score (nSPS) is 12.2. The molecule has 0 aromatic heterocycles. The van der Waals surface area contributed by atoms with Gasteiger partial charge >= 0.3 is 6.03 Å². The third-order valence-corrected chi connectivity index (χ3v) is 2.92. The Kier molecular flexibility index (Phi) is 4.02. The molecule has 0 aliphatic heterocycles. The van der Waals surface area contributed by atoms with Crippen LogP contribution >= 0.6 is 0 Å². The summed E-state index contributed by atoms with van der Waals surface area (Å²) in [5.74, 6) is 0. The lowest BCUT2D eigenvalue weighted by molar-refractivity contribution is 0.149. The van der Waals surface area contributed by atoms with Gasteiger partial charge in [0.2, 0.25) is 0 Å². The van der Waals surface area contributed by atoms with Crippen LogP contribution in [0.4, 0.5) is 10.5 Å². The lowest BCUT2D eigenvalue weighted by atomic mass is 10.1. The summed E-state index contributed by atoms with van der Waals surface area (Å²) in [6.45, 7) is 1.96. The zero-order valence-electron chi connectivity index (χ0n) is 11.1. The Balaban J connectivity index is 2.19. The number of fused-ring (bicyclic) bond motifs is 1. The van der Waals surface area contributed by atoms with Crippen molar-refractivity contribution in [3.05, 3.63) is 42.5 Å². The Morgan fingerprint density at radius 3 is 2.68 bits per heavy atom. The van der Waals surface area contributed by atoms with Gasteiger partial charge in [-0.1, -0.05) is 36.4 Å². The molecule has 0 bridgehead atoms. The molecule has 2 N–H and O–H groups in total. The van der Waals surface area contributed by atoms with E-state index in [1.807, 2.05) is 42.5 Å². The number of hydrogen-bond donors (Lipinski definition) is 2.